The van der Waals surface area contributed by atoms with Gasteiger partial charge in [0.05, 0.1) is 0 Å². The molecule has 2 aliphatic rings. The van der Waals surface area contributed by atoms with Crippen LogP contribution in [0, 0.1) is 5.92 Å². The smallest absolute Gasteiger partial charge is 0.374 e. The van der Waals surface area contributed by atoms with E-state index in [1.807, 2.05) is 4.90 Å². The Morgan fingerprint density at radius 3 is 2.75 bits per heavy atom. The van der Waals surface area contributed by atoms with Crippen molar-refractivity contribution in [1.29, 1.82) is 0 Å². The van der Waals surface area contributed by atoms with Crippen LogP contribution in [-0.2, 0) is 0 Å². The van der Waals surface area contributed by atoms with E-state index in [0.29, 0.717) is 5.92 Å². The fraction of sp³-hybridized carbons (Fsp3) is 0.643. The van der Waals surface area contributed by atoms with Gasteiger partial charge in [0.2, 0.25) is 5.76 Å². The minimum atomic E-state index is -1.20. The molecular weight excluding hydrogens is 260 g/mol. The van der Waals surface area contributed by atoms with E-state index in [4.69, 9.17) is 5.11 Å². The van der Waals surface area contributed by atoms with Gasteiger partial charge >= 0.3 is 5.97 Å². The Morgan fingerprint density at radius 1 is 1.25 bits per heavy atom. The van der Waals surface area contributed by atoms with Gasteiger partial charge in [-0.2, -0.15) is 0 Å². The number of carboxylic acids is 1. The predicted molar refractivity (Wildman–Crippen MR) is 69.5 cm³/mol. The van der Waals surface area contributed by atoms with Crippen LogP contribution in [0.25, 0.3) is 0 Å². The van der Waals surface area contributed by atoms with E-state index in [1.54, 1.807) is 0 Å². The minimum absolute atomic E-state index is 0.105. The summed E-state index contributed by atoms with van der Waals surface area (Å²) in [5.41, 5.74) is 0.105. The SMILES string of the molecule is O=C(O)c1cc(C(=O)N2CCC[C@H]3CCCC[C@H]32)no1. The Hall–Kier alpha value is -1.85. The maximum Gasteiger partial charge on any atom is 0.374 e. The topological polar surface area (TPSA) is 83.6 Å². The van der Waals surface area contributed by atoms with Crippen LogP contribution in [0.4, 0.5) is 0 Å². The Kier molecular flexibility index (Phi) is 3.46. The second-order valence-corrected chi connectivity index (χ2v) is 5.63. The van der Waals surface area contributed by atoms with Gasteiger partial charge in [0, 0.05) is 18.7 Å². The van der Waals surface area contributed by atoms with Crippen LogP contribution < -0.4 is 0 Å². The molecule has 2 heterocycles. The van der Waals surface area contributed by atoms with Crippen molar-refractivity contribution in [3.05, 3.63) is 17.5 Å². The normalized spacial score (nSPS) is 26.1. The molecule has 1 saturated carbocycles. The first kappa shape index (κ1) is 13.1. The number of likely N-dealkylation sites (tertiary alicyclic amines) is 1. The first-order chi connectivity index (χ1) is 9.66. The quantitative estimate of drug-likeness (QED) is 0.896. The molecule has 1 amide bonds. The lowest BCUT2D eigenvalue weighted by molar-refractivity contribution is 0.0380. The molecule has 1 aliphatic carbocycles. The summed E-state index contributed by atoms with van der Waals surface area (Å²) < 4.78 is 4.68. The van der Waals surface area contributed by atoms with E-state index in [0.717, 1.165) is 25.8 Å². The maximum absolute atomic E-state index is 12.5. The number of rotatable bonds is 2. The number of carbonyl (C=O) groups is 2. The number of nitrogens with zero attached hydrogens (tertiary/aromatic N) is 2. The van der Waals surface area contributed by atoms with E-state index < -0.39 is 5.97 Å². The fourth-order valence-electron chi connectivity index (χ4n) is 3.50. The van der Waals surface area contributed by atoms with Crippen molar-refractivity contribution < 1.29 is 19.2 Å². The van der Waals surface area contributed by atoms with Crippen molar-refractivity contribution in [1.82, 2.24) is 10.1 Å². The van der Waals surface area contributed by atoms with Crippen molar-refractivity contribution in [2.24, 2.45) is 5.92 Å². The van der Waals surface area contributed by atoms with Crippen molar-refractivity contribution in [3.63, 3.8) is 0 Å². The standard InChI is InChI=1S/C14H18N2O4/c17-13(10-8-12(14(18)19)20-15-10)16-7-3-5-9-4-1-2-6-11(9)16/h8-9,11H,1-7H2,(H,18,19)/t9-,11-/m1/s1. The number of aromatic nitrogens is 1. The fourth-order valence-corrected chi connectivity index (χ4v) is 3.50. The van der Waals surface area contributed by atoms with Crippen LogP contribution in [0.5, 0.6) is 0 Å². The molecular formula is C14H18N2O4. The molecule has 3 rings (SSSR count). The molecule has 0 radical (unpaired) electrons. The lowest BCUT2D eigenvalue weighted by Crippen LogP contribution is -2.49. The summed E-state index contributed by atoms with van der Waals surface area (Å²) >= 11 is 0. The van der Waals surface area contributed by atoms with Gasteiger partial charge in [-0.25, -0.2) is 4.79 Å². The van der Waals surface area contributed by atoms with Crippen LogP contribution in [0.15, 0.2) is 10.6 Å². The Morgan fingerprint density at radius 2 is 2.00 bits per heavy atom. The van der Waals surface area contributed by atoms with Crippen molar-refractivity contribution >= 4 is 11.9 Å². The number of fused-ring (bicyclic) bond motifs is 1. The zero-order valence-electron chi connectivity index (χ0n) is 11.2. The first-order valence-electron chi connectivity index (χ1n) is 7.18. The van der Waals surface area contributed by atoms with Gasteiger partial charge in [-0.15, -0.1) is 0 Å². The predicted octanol–water partition coefficient (Wildman–Crippen LogP) is 2.17. The van der Waals surface area contributed by atoms with E-state index in [2.05, 4.69) is 9.68 Å². The second kappa shape index (κ2) is 5.26. The van der Waals surface area contributed by atoms with Crippen molar-refractivity contribution in [3.8, 4) is 0 Å². The van der Waals surface area contributed by atoms with Crippen molar-refractivity contribution in [2.45, 2.75) is 44.6 Å². The molecule has 2 atom stereocenters. The molecule has 0 aromatic carbocycles. The molecule has 2 fully saturated rings. The zero-order valence-corrected chi connectivity index (χ0v) is 11.2. The van der Waals surface area contributed by atoms with Gasteiger partial charge in [0.25, 0.3) is 5.91 Å². The van der Waals surface area contributed by atoms with E-state index in [-0.39, 0.29) is 23.4 Å². The summed E-state index contributed by atoms with van der Waals surface area (Å²) in [6.07, 6.45) is 6.83. The van der Waals surface area contributed by atoms with Crippen LogP contribution in [0.2, 0.25) is 0 Å². The molecule has 108 valence electrons. The number of carboxylic acid groups (broad SMARTS) is 1. The van der Waals surface area contributed by atoms with E-state index >= 15 is 0 Å². The van der Waals surface area contributed by atoms with Gasteiger partial charge in [0.1, 0.15) is 0 Å². The minimum Gasteiger partial charge on any atom is -0.475 e. The van der Waals surface area contributed by atoms with Gasteiger partial charge in [-0.3, -0.25) is 4.79 Å². The average molecular weight is 278 g/mol. The zero-order chi connectivity index (χ0) is 14.1. The molecule has 0 bridgehead atoms. The summed E-state index contributed by atoms with van der Waals surface area (Å²) in [5, 5.41) is 12.4. The number of hydrogen-bond donors (Lipinski definition) is 1. The largest absolute Gasteiger partial charge is 0.475 e. The van der Waals surface area contributed by atoms with E-state index in [9.17, 15) is 9.59 Å². The van der Waals surface area contributed by atoms with Gasteiger partial charge < -0.3 is 14.5 Å². The third-order valence-corrected chi connectivity index (χ3v) is 4.44. The highest BCUT2D eigenvalue weighted by molar-refractivity contribution is 5.95. The summed E-state index contributed by atoms with van der Waals surface area (Å²) in [5.74, 6) is -1.10. The first-order valence-corrected chi connectivity index (χ1v) is 7.18. The van der Waals surface area contributed by atoms with Gasteiger partial charge in [-0.05, 0) is 31.6 Å². The number of aromatic carboxylic acids is 1. The second-order valence-electron chi connectivity index (χ2n) is 5.63. The highest BCUT2D eigenvalue weighted by Crippen LogP contribution is 2.35. The maximum atomic E-state index is 12.5. The Bertz CT molecular complexity index is 523. The monoisotopic (exact) mass is 278 g/mol. The van der Waals surface area contributed by atoms with Crippen LogP contribution >= 0.6 is 0 Å². The van der Waals surface area contributed by atoms with Crippen LogP contribution in [0.1, 0.15) is 59.6 Å². The van der Waals surface area contributed by atoms with Gasteiger partial charge in [-0.1, -0.05) is 18.0 Å². The molecule has 20 heavy (non-hydrogen) atoms. The summed E-state index contributed by atoms with van der Waals surface area (Å²) in [7, 11) is 0. The summed E-state index contributed by atoms with van der Waals surface area (Å²) in [6, 6.07) is 1.51. The third kappa shape index (κ3) is 2.30. The molecule has 0 spiro atoms. The lowest BCUT2D eigenvalue weighted by atomic mass is 9.78. The third-order valence-electron chi connectivity index (χ3n) is 4.44. The highest BCUT2D eigenvalue weighted by Gasteiger charge is 2.37. The molecule has 6 nitrogen and oxygen atoms in total. The summed E-state index contributed by atoms with van der Waals surface area (Å²) in [4.78, 5) is 25.2. The molecule has 1 aliphatic heterocycles. The molecule has 1 N–H and O–H groups in total. The van der Waals surface area contributed by atoms with E-state index in [1.165, 1.54) is 25.3 Å². The average Bonchev–Trinajstić information content (AvgIpc) is 2.96. The lowest BCUT2D eigenvalue weighted by Gasteiger charge is -2.43. The van der Waals surface area contributed by atoms with Gasteiger partial charge in [0.15, 0.2) is 5.69 Å². The Labute approximate surface area is 116 Å². The molecule has 1 aromatic rings. The highest BCUT2D eigenvalue weighted by atomic mass is 16.5. The van der Waals surface area contributed by atoms with Crippen LogP contribution in [0.3, 0.4) is 0 Å². The number of piperidine rings is 1. The number of carbonyl (C=O) groups excluding carboxylic acids is 1. The molecule has 1 aromatic heterocycles. The molecule has 0 unspecified atom stereocenters. The van der Waals surface area contributed by atoms with Crippen LogP contribution in [-0.4, -0.2) is 39.6 Å². The molecule has 6 heteroatoms. The summed E-state index contributed by atoms with van der Waals surface area (Å²) in [6.45, 7) is 0.731. The number of hydrogen-bond acceptors (Lipinski definition) is 4. The molecule has 1 saturated heterocycles. The van der Waals surface area contributed by atoms with Crippen molar-refractivity contribution in [2.75, 3.05) is 6.54 Å². The Balaban J connectivity index is 1.79. The number of amides is 1.